The lowest BCUT2D eigenvalue weighted by molar-refractivity contribution is 1.31. The molecule has 2 nitrogen and oxygen atoms in total. The van der Waals surface area contributed by atoms with Crippen molar-refractivity contribution in [2.45, 2.75) is 0 Å². The number of hydrogen-bond donors (Lipinski definition) is 0. The van der Waals surface area contributed by atoms with Gasteiger partial charge in [-0.1, -0.05) is 103 Å². The van der Waals surface area contributed by atoms with E-state index in [1.165, 1.54) is 57.2 Å². The molecule has 4 heteroatoms. The molecule has 0 fully saturated rings. The van der Waals surface area contributed by atoms with Gasteiger partial charge in [0.25, 0.3) is 0 Å². The fraction of sp³-hybridized carbons (Fsp3) is 0. The van der Waals surface area contributed by atoms with E-state index in [-0.39, 0.29) is 0 Å². The van der Waals surface area contributed by atoms with Crippen molar-refractivity contribution in [3.05, 3.63) is 158 Å². The highest BCUT2D eigenvalue weighted by molar-refractivity contribution is 7.26. The van der Waals surface area contributed by atoms with Crippen LogP contribution in [0.15, 0.2) is 158 Å². The molecule has 0 spiro atoms. The summed E-state index contributed by atoms with van der Waals surface area (Å²) in [7, 11) is 0. The van der Waals surface area contributed by atoms with Crippen molar-refractivity contribution in [1.82, 2.24) is 4.98 Å². The number of aromatic nitrogens is 1. The van der Waals surface area contributed by atoms with E-state index in [9.17, 15) is 0 Å². The van der Waals surface area contributed by atoms with Gasteiger partial charge in [-0.05, 0) is 70.8 Å². The summed E-state index contributed by atoms with van der Waals surface area (Å²) in [6.07, 6.45) is 1.89. The summed E-state index contributed by atoms with van der Waals surface area (Å²) in [6, 6.07) is 54.7. The second kappa shape index (κ2) is 10.7. The molecular formula is C41H26N2S2. The molecule has 0 amide bonds. The molecule has 0 unspecified atom stereocenters. The summed E-state index contributed by atoms with van der Waals surface area (Å²) >= 11 is 3.67. The van der Waals surface area contributed by atoms with Gasteiger partial charge in [0.1, 0.15) is 0 Å². The van der Waals surface area contributed by atoms with E-state index in [0.29, 0.717) is 0 Å². The average Bonchev–Trinajstić information content (AvgIpc) is 3.68. The van der Waals surface area contributed by atoms with Crippen molar-refractivity contribution in [2.24, 2.45) is 0 Å². The number of thiophene rings is 2. The Labute approximate surface area is 269 Å². The molecule has 0 radical (unpaired) electrons. The molecule has 3 aromatic heterocycles. The second-order valence-electron chi connectivity index (χ2n) is 11.2. The number of hydrogen-bond acceptors (Lipinski definition) is 4. The van der Waals surface area contributed by atoms with Gasteiger partial charge in [0.15, 0.2) is 0 Å². The van der Waals surface area contributed by atoms with Crippen molar-refractivity contribution in [3.63, 3.8) is 0 Å². The SMILES string of the molecule is c1ccc(-c2ccc(-c3ccc(N(c4ccc5c(c4)sc4ccccc45)c4cccc5c4sc4cccnc45)cc3)cc2)cc1. The fourth-order valence-electron chi connectivity index (χ4n) is 6.35. The summed E-state index contributed by atoms with van der Waals surface area (Å²) in [5, 5.41) is 3.81. The zero-order chi connectivity index (χ0) is 29.7. The molecule has 0 atom stereocenters. The molecular weight excluding hydrogens is 585 g/mol. The molecule has 9 rings (SSSR count). The first-order valence-electron chi connectivity index (χ1n) is 15.0. The van der Waals surface area contributed by atoms with Gasteiger partial charge in [0, 0.05) is 43.1 Å². The summed E-state index contributed by atoms with van der Waals surface area (Å²) in [5.41, 5.74) is 9.36. The highest BCUT2D eigenvalue weighted by atomic mass is 32.1. The standard InChI is InChI=1S/C41H26N2S2/c1-2-8-27(9-3-1)28-15-17-29(18-16-28)30-19-21-31(22-20-30)43(32-23-24-34-33-10-4-5-13-37(33)44-39(34)26-32)36-12-6-11-35-40-38(45-41(35)36)14-7-25-42-40/h1-26H. The Hall–Kier alpha value is -5.29. The number of benzene rings is 6. The van der Waals surface area contributed by atoms with E-state index >= 15 is 0 Å². The monoisotopic (exact) mass is 610 g/mol. The maximum Gasteiger partial charge on any atom is 0.0889 e. The first-order chi connectivity index (χ1) is 22.3. The Morgan fingerprint density at radius 2 is 1.04 bits per heavy atom. The highest BCUT2D eigenvalue weighted by Crippen LogP contribution is 2.46. The van der Waals surface area contributed by atoms with E-state index in [1.54, 1.807) is 0 Å². The Balaban J connectivity index is 1.18. The van der Waals surface area contributed by atoms with Gasteiger partial charge in [-0.25, -0.2) is 0 Å². The molecule has 0 aliphatic heterocycles. The summed E-state index contributed by atoms with van der Waals surface area (Å²) < 4.78 is 5.05. The van der Waals surface area contributed by atoms with Gasteiger partial charge in [0.05, 0.1) is 20.6 Å². The molecule has 212 valence electrons. The Kier molecular flexibility index (Phi) is 6.22. The van der Waals surface area contributed by atoms with Crippen molar-refractivity contribution in [3.8, 4) is 22.3 Å². The number of rotatable bonds is 5. The Bertz CT molecular complexity index is 2470. The summed E-state index contributed by atoms with van der Waals surface area (Å²) in [4.78, 5) is 7.15. The van der Waals surface area contributed by atoms with Gasteiger partial charge >= 0.3 is 0 Å². The molecule has 0 aliphatic rings. The second-order valence-corrected chi connectivity index (χ2v) is 13.3. The lowest BCUT2D eigenvalue weighted by atomic mass is 10.00. The van der Waals surface area contributed by atoms with E-state index in [4.69, 9.17) is 4.98 Å². The predicted molar refractivity (Wildman–Crippen MR) is 196 cm³/mol. The normalized spacial score (nSPS) is 11.6. The van der Waals surface area contributed by atoms with Crippen LogP contribution >= 0.6 is 22.7 Å². The number of anilines is 3. The quantitative estimate of drug-likeness (QED) is 0.193. The predicted octanol–water partition coefficient (Wildman–Crippen LogP) is 12.6. The Morgan fingerprint density at radius 1 is 0.422 bits per heavy atom. The van der Waals surface area contributed by atoms with Gasteiger partial charge in [-0.3, -0.25) is 4.98 Å². The maximum atomic E-state index is 4.74. The third kappa shape index (κ3) is 4.50. The molecule has 0 saturated carbocycles. The maximum absolute atomic E-state index is 4.74. The summed E-state index contributed by atoms with van der Waals surface area (Å²) in [6.45, 7) is 0. The van der Waals surface area contributed by atoms with Crippen molar-refractivity contribution in [2.75, 3.05) is 4.90 Å². The van der Waals surface area contributed by atoms with Crippen LogP contribution in [0.2, 0.25) is 0 Å². The van der Waals surface area contributed by atoms with Crippen LogP contribution in [0, 0.1) is 0 Å². The van der Waals surface area contributed by atoms with Gasteiger partial charge in [-0.15, -0.1) is 22.7 Å². The largest absolute Gasteiger partial charge is 0.309 e. The molecule has 9 aromatic rings. The lowest BCUT2D eigenvalue weighted by Gasteiger charge is -2.26. The topological polar surface area (TPSA) is 16.1 Å². The van der Waals surface area contributed by atoms with Crippen LogP contribution in [0.25, 0.3) is 62.7 Å². The highest BCUT2D eigenvalue weighted by Gasteiger charge is 2.19. The van der Waals surface area contributed by atoms with E-state index in [2.05, 4.69) is 150 Å². The first-order valence-corrected chi connectivity index (χ1v) is 16.7. The zero-order valence-electron chi connectivity index (χ0n) is 24.2. The van der Waals surface area contributed by atoms with Crippen LogP contribution in [0.3, 0.4) is 0 Å². The molecule has 45 heavy (non-hydrogen) atoms. The number of nitrogens with zero attached hydrogens (tertiary/aromatic N) is 2. The third-order valence-corrected chi connectivity index (χ3v) is 10.9. The third-order valence-electron chi connectivity index (χ3n) is 8.54. The minimum absolute atomic E-state index is 1.06. The van der Waals surface area contributed by atoms with Crippen LogP contribution in [0.5, 0.6) is 0 Å². The molecule has 0 bridgehead atoms. The van der Waals surface area contributed by atoms with E-state index < -0.39 is 0 Å². The van der Waals surface area contributed by atoms with Gasteiger partial charge < -0.3 is 4.90 Å². The molecule has 6 aromatic carbocycles. The Morgan fingerprint density at radius 3 is 1.84 bits per heavy atom. The first kappa shape index (κ1) is 26.1. The van der Waals surface area contributed by atoms with Crippen LogP contribution in [0.1, 0.15) is 0 Å². The van der Waals surface area contributed by atoms with Crippen LogP contribution in [-0.4, -0.2) is 4.98 Å². The molecule has 0 saturated heterocycles. The van der Waals surface area contributed by atoms with Crippen LogP contribution < -0.4 is 4.90 Å². The average molecular weight is 611 g/mol. The van der Waals surface area contributed by atoms with Crippen molar-refractivity contribution in [1.29, 1.82) is 0 Å². The van der Waals surface area contributed by atoms with Crippen molar-refractivity contribution < 1.29 is 0 Å². The van der Waals surface area contributed by atoms with Crippen LogP contribution in [0.4, 0.5) is 17.1 Å². The van der Waals surface area contributed by atoms with Crippen molar-refractivity contribution >= 4 is 80.2 Å². The number of fused-ring (bicyclic) bond motifs is 6. The molecule has 0 aliphatic carbocycles. The van der Waals surface area contributed by atoms with Gasteiger partial charge in [-0.2, -0.15) is 0 Å². The minimum atomic E-state index is 1.06. The summed E-state index contributed by atoms with van der Waals surface area (Å²) in [5.74, 6) is 0. The lowest BCUT2D eigenvalue weighted by Crippen LogP contribution is -2.10. The number of pyridine rings is 1. The molecule has 0 N–H and O–H groups in total. The zero-order valence-corrected chi connectivity index (χ0v) is 25.9. The fourth-order valence-corrected chi connectivity index (χ4v) is 8.65. The molecule has 3 heterocycles. The smallest absolute Gasteiger partial charge is 0.0889 e. The van der Waals surface area contributed by atoms with Gasteiger partial charge in [0.2, 0.25) is 0 Å². The van der Waals surface area contributed by atoms with Crippen LogP contribution in [-0.2, 0) is 0 Å². The van der Waals surface area contributed by atoms with E-state index in [0.717, 1.165) is 22.6 Å². The minimum Gasteiger partial charge on any atom is -0.309 e. The van der Waals surface area contributed by atoms with E-state index in [1.807, 2.05) is 34.9 Å².